The first-order valence-electron chi connectivity index (χ1n) is 8.20. The number of rotatable bonds is 8. The maximum absolute atomic E-state index is 5.94. The monoisotopic (exact) mass is 329 g/mol. The van der Waals surface area contributed by atoms with Crippen molar-refractivity contribution >= 4 is 0 Å². The first-order chi connectivity index (χ1) is 11.6. The van der Waals surface area contributed by atoms with E-state index in [2.05, 4.69) is 38.2 Å². The fourth-order valence-electron chi connectivity index (χ4n) is 2.59. The third-order valence-electron chi connectivity index (χ3n) is 4.07. The fourth-order valence-corrected chi connectivity index (χ4v) is 2.59. The van der Waals surface area contributed by atoms with Gasteiger partial charge in [0.2, 0.25) is 0 Å². The van der Waals surface area contributed by atoms with Crippen LogP contribution in [0.25, 0.3) is 0 Å². The molecule has 2 aromatic rings. The van der Waals surface area contributed by atoms with Crippen LogP contribution >= 0.6 is 0 Å². The predicted octanol–water partition coefficient (Wildman–Crippen LogP) is 3.80. The Kier molecular flexibility index (Phi) is 6.50. The van der Waals surface area contributed by atoms with Crippen molar-refractivity contribution in [2.75, 3.05) is 27.4 Å². The van der Waals surface area contributed by atoms with Gasteiger partial charge < -0.3 is 19.5 Å². The molecule has 0 aliphatic rings. The Bertz CT molecular complexity index is 683. The van der Waals surface area contributed by atoms with Crippen molar-refractivity contribution in [3.05, 3.63) is 52.6 Å². The molecule has 0 spiro atoms. The third-order valence-corrected chi connectivity index (χ3v) is 4.07. The van der Waals surface area contributed by atoms with E-state index in [0.717, 1.165) is 34.9 Å². The Balaban J connectivity index is 1.97. The Hall–Kier alpha value is -2.20. The Labute approximate surface area is 144 Å². The lowest BCUT2D eigenvalue weighted by atomic mass is 10.1. The van der Waals surface area contributed by atoms with Crippen molar-refractivity contribution in [1.29, 1.82) is 0 Å². The molecule has 4 nitrogen and oxygen atoms in total. The summed E-state index contributed by atoms with van der Waals surface area (Å²) >= 11 is 0. The van der Waals surface area contributed by atoms with E-state index in [1.54, 1.807) is 7.11 Å². The van der Waals surface area contributed by atoms with Gasteiger partial charge in [-0.1, -0.05) is 18.2 Å². The quantitative estimate of drug-likeness (QED) is 0.748. The van der Waals surface area contributed by atoms with Crippen LogP contribution in [0.2, 0.25) is 0 Å². The van der Waals surface area contributed by atoms with Gasteiger partial charge in [0.05, 0.1) is 7.11 Å². The molecule has 0 saturated heterocycles. The second-order valence-electron chi connectivity index (χ2n) is 5.87. The molecule has 2 rings (SSSR count). The molecule has 0 radical (unpaired) electrons. The number of hydrogen-bond donors (Lipinski definition) is 1. The molecule has 4 heteroatoms. The highest BCUT2D eigenvalue weighted by atomic mass is 16.5. The van der Waals surface area contributed by atoms with Gasteiger partial charge in [0, 0.05) is 6.54 Å². The highest BCUT2D eigenvalue weighted by molar-refractivity contribution is 5.45. The molecule has 1 N–H and O–H groups in total. The molecule has 0 aromatic heterocycles. The molecule has 0 aliphatic heterocycles. The highest BCUT2D eigenvalue weighted by Crippen LogP contribution is 2.28. The molecular weight excluding hydrogens is 302 g/mol. The second-order valence-corrected chi connectivity index (χ2v) is 5.87. The zero-order chi connectivity index (χ0) is 17.5. The normalized spacial score (nSPS) is 10.5. The van der Waals surface area contributed by atoms with Crippen LogP contribution in [0, 0.1) is 20.8 Å². The van der Waals surface area contributed by atoms with Crippen LogP contribution in [-0.2, 0) is 6.54 Å². The SMILES string of the molecule is CNCc1ccc(OC)c(OCCOc2c(C)ccc(C)c2C)c1. The maximum Gasteiger partial charge on any atom is 0.161 e. The molecule has 24 heavy (non-hydrogen) atoms. The van der Waals surface area contributed by atoms with Crippen LogP contribution < -0.4 is 19.5 Å². The van der Waals surface area contributed by atoms with E-state index in [-0.39, 0.29) is 0 Å². The van der Waals surface area contributed by atoms with Gasteiger partial charge in [-0.25, -0.2) is 0 Å². The van der Waals surface area contributed by atoms with Gasteiger partial charge in [-0.05, 0) is 62.2 Å². The van der Waals surface area contributed by atoms with E-state index in [4.69, 9.17) is 14.2 Å². The summed E-state index contributed by atoms with van der Waals surface area (Å²) in [6, 6.07) is 10.2. The Morgan fingerprint density at radius 2 is 1.58 bits per heavy atom. The molecule has 0 heterocycles. The first kappa shape index (κ1) is 18.1. The molecular formula is C20H27NO3. The van der Waals surface area contributed by atoms with Gasteiger partial charge in [0.15, 0.2) is 11.5 Å². The van der Waals surface area contributed by atoms with Gasteiger partial charge in [-0.2, -0.15) is 0 Å². The van der Waals surface area contributed by atoms with Crippen molar-refractivity contribution in [2.45, 2.75) is 27.3 Å². The minimum atomic E-state index is 0.464. The van der Waals surface area contributed by atoms with Gasteiger partial charge >= 0.3 is 0 Å². The highest BCUT2D eigenvalue weighted by Gasteiger charge is 2.08. The molecule has 0 atom stereocenters. The predicted molar refractivity (Wildman–Crippen MR) is 97.4 cm³/mol. The summed E-state index contributed by atoms with van der Waals surface area (Å²) in [7, 11) is 3.57. The van der Waals surface area contributed by atoms with E-state index >= 15 is 0 Å². The lowest BCUT2D eigenvalue weighted by Crippen LogP contribution is -2.12. The Morgan fingerprint density at radius 1 is 0.875 bits per heavy atom. The van der Waals surface area contributed by atoms with Crippen molar-refractivity contribution in [1.82, 2.24) is 5.32 Å². The topological polar surface area (TPSA) is 39.7 Å². The smallest absolute Gasteiger partial charge is 0.161 e. The van der Waals surface area contributed by atoms with E-state index in [0.29, 0.717) is 13.2 Å². The van der Waals surface area contributed by atoms with Crippen molar-refractivity contribution in [2.24, 2.45) is 0 Å². The maximum atomic E-state index is 5.94. The molecule has 0 unspecified atom stereocenters. The first-order valence-corrected chi connectivity index (χ1v) is 8.20. The summed E-state index contributed by atoms with van der Waals surface area (Å²) in [5, 5.41) is 3.13. The van der Waals surface area contributed by atoms with E-state index < -0.39 is 0 Å². The van der Waals surface area contributed by atoms with Crippen LogP contribution in [0.4, 0.5) is 0 Å². The van der Waals surface area contributed by atoms with Gasteiger partial charge in [-0.3, -0.25) is 0 Å². The van der Waals surface area contributed by atoms with Gasteiger partial charge in [-0.15, -0.1) is 0 Å². The van der Waals surface area contributed by atoms with E-state index in [1.165, 1.54) is 11.1 Å². The van der Waals surface area contributed by atoms with E-state index in [9.17, 15) is 0 Å². The number of ether oxygens (including phenoxy) is 3. The second kappa shape index (κ2) is 8.60. The minimum absolute atomic E-state index is 0.464. The number of methoxy groups -OCH3 is 1. The zero-order valence-corrected chi connectivity index (χ0v) is 15.2. The van der Waals surface area contributed by atoms with Crippen LogP contribution in [0.3, 0.4) is 0 Å². The Morgan fingerprint density at radius 3 is 2.29 bits per heavy atom. The van der Waals surface area contributed by atoms with Gasteiger partial charge in [0.25, 0.3) is 0 Å². The number of hydrogen-bond acceptors (Lipinski definition) is 4. The molecule has 130 valence electrons. The largest absolute Gasteiger partial charge is 0.493 e. The van der Waals surface area contributed by atoms with Gasteiger partial charge in [0.1, 0.15) is 19.0 Å². The van der Waals surface area contributed by atoms with E-state index in [1.807, 2.05) is 25.2 Å². The fraction of sp³-hybridized carbons (Fsp3) is 0.400. The summed E-state index contributed by atoms with van der Waals surface area (Å²) in [5.74, 6) is 2.43. The standard InChI is InChI=1S/C20H27NO3/c1-14-6-7-15(2)20(16(14)3)24-11-10-23-19-12-17(13-21-4)8-9-18(19)22-5/h6-9,12,21H,10-11,13H2,1-5H3. The summed E-state index contributed by atoms with van der Waals surface area (Å²) in [5.41, 5.74) is 4.72. The van der Waals surface area contributed by atoms with Crippen LogP contribution in [-0.4, -0.2) is 27.4 Å². The van der Waals surface area contributed by atoms with Crippen molar-refractivity contribution in [3.8, 4) is 17.2 Å². The van der Waals surface area contributed by atoms with Crippen molar-refractivity contribution in [3.63, 3.8) is 0 Å². The molecule has 0 fully saturated rings. The number of aryl methyl sites for hydroxylation is 2. The summed E-state index contributed by atoms with van der Waals surface area (Å²) in [4.78, 5) is 0. The van der Waals surface area contributed by atoms with Crippen LogP contribution in [0.1, 0.15) is 22.3 Å². The summed E-state index contributed by atoms with van der Waals surface area (Å²) in [6.07, 6.45) is 0. The van der Waals surface area contributed by atoms with Crippen LogP contribution in [0.15, 0.2) is 30.3 Å². The third kappa shape index (κ3) is 4.42. The molecule has 0 aliphatic carbocycles. The number of benzene rings is 2. The zero-order valence-electron chi connectivity index (χ0n) is 15.2. The summed E-state index contributed by atoms with van der Waals surface area (Å²) < 4.78 is 17.2. The minimum Gasteiger partial charge on any atom is -0.493 e. The molecule has 2 aromatic carbocycles. The average molecular weight is 329 g/mol. The van der Waals surface area contributed by atoms with Crippen LogP contribution in [0.5, 0.6) is 17.2 Å². The molecule has 0 amide bonds. The molecule has 0 bridgehead atoms. The lowest BCUT2D eigenvalue weighted by molar-refractivity contribution is 0.209. The average Bonchev–Trinajstić information content (AvgIpc) is 2.58. The summed E-state index contributed by atoms with van der Waals surface area (Å²) in [6.45, 7) is 7.99. The molecule has 0 saturated carbocycles. The number of nitrogens with one attached hydrogen (secondary N) is 1. The van der Waals surface area contributed by atoms with Crippen molar-refractivity contribution < 1.29 is 14.2 Å². The lowest BCUT2D eigenvalue weighted by Gasteiger charge is -2.15.